The topological polar surface area (TPSA) is 92.4 Å². The lowest BCUT2D eigenvalue weighted by molar-refractivity contribution is -0.126. The summed E-state index contributed by atoms with van der Waals surface area (Å²) in [5.41, 5.74) is 1.59. The Morgan fingerprint density at radius 2 is 1.86 bits per heavy atom. The number of hydrogen-bond donors (Lipinski definition) is 1. The minimum absolute atomic E-state index is 0.195. The fraction of sp³-hybridized carbons (Fsp3) is 0.182. The lowest BCUT2D eigenvalue weighted by Gasteiger charge is -2.18. The summed E-state index contributed by atoms with van der Waals surface area (Å²) in [6.45, 7) is 2.51. The quantitative estimate of drug-likeness (QED) is 0.515. The number of H-pyrrole nitrogens is 1. The van der Waals surface area contributed by atoms with Gasteiger partial charge in [0, 0.05) is 12.6 Å². The van der Waals surface area contributed by atoms with Crippen molar-refractivity contribution in [2.45, 2.75) is 13.5 Å². The number of esters is 1. The van der Waals surface area contributed by atoms with E-state index >= 15 is 0 Å². The number of fused-ring (bicyclic) bond motifs is 1. The number of benzene rings is 2. The van der Waals surface area contributed by atoms with E-state index in [1.165, 1.54) is 13.2 Å². The molecule has 1 N–H and O–H groups in total. The van der Waals surface area contributed by atoms with E-state index in [-0.39, 0.29) is 18.0 Å². The van der Waals surface area contributed by atoms with E-state index in [1.54, 1.807) is 53.4 Å². The number of carbonyl (C=O) groups excluding carboxylic acids is 2. The monoisotopic (exact) mass is 391 g/mol. The molecule has 3 aromatic rings. The Morgan fingerprint density at radius 3 is 2.55 bits per heavy atom. The second kappa shape index (κ2) is 8.97. The first-order chi connectivity index (χ1) is 14.0. The number of hydrogen-bond acceptors (Lipinski definition) is 5. The van der Waals surface area contributed by atoms with E-state index < -0.39 is 5.97 Å². The molecule has 0 fully saturated rings. The number of likely N-dealkylation sites (N-methyl/N-ethyl adjacent to an activating group) is 1. The van der Waals surface area contributed by atoms with Crippen LogP contribution in [-0.2, 0) is 16.1 Å². The molecule has 29 heavy (non-hydrogen) atoms. The Bertz CT molecular complexity index is 1120. The van der Waals surface area contributed by atoms with E-state index in [1.807, 2.05) is 13.0 Å². The van der Waals surface area contributed by atoms with E-state index in [0.29, 0.717) is 28.8 Å². The van der Waals surface area contributed by atoms with Gasteiger partial charge in [-0.15, -0.1) is 0 Å². The number of aromatic amines is 1. The normalized spacial score (nSPS) is 11.0. The largest absolute Gasteiger partial charge is 0.465 e. The molecule has 0 radical (unpaired) electrons. The van der Waals surface area contributed by atoms with Crippen LogP contribution < -0.4 is 5.56 Å². The van der Waals surface area contributed by atoms with Crippen molar-refractivity contribution >= 4 is 28.9 Å². The number of nitrogens with one attached hydrogen (secondary N) is 1. The minimum atomic E-state index is -0.411. The van der Waals surface area contributed by atoms with Crippen LogP contribution in [0.25, 0.3) is 17.0 Å². The number of aromatic nitrogens is 2. The maximum Gasteiger partial charge on any atom is 0.337 e. The van der Waals surface area contributed by atoms with Crippen molar-refractivity contribution in [3.05, 3.63) is 81.9 Å². The molecule has 0 spiro atoms. The van der Waals surface area contributed by atoms with Gasteiger partial charge in [0.15, 0.2) is 0 Å². The van der Waals surface area contributed by atoms with Gasteiger partial charge in [-0.3, -0.25) is 9.59 Å². The van der Waals surface area contributed by atoms with Crippen molar-refractivity contribution in [1.29, 1.82) is 0 Å². The van der Waals surface area contributed by atoms with Crippen LogP contribution in [0.2, 0.25) is 0 Å². The molecular weight excluding hydrogens is 370 g/mol. The summed E-state index contributed by atoms with van der Waals surface area (Å²) in [4.78, 5) is 45.0. The second-order valence-electron chi connectivity index (χ2n) is 6.33. The summed E-state index contributed by atoms with van der Waals surface area (Å²) in [7, 11) is 1.33. The summed E-state index contributed by atoms with van der Waals surface area (Å²) in [5, 5.41) is 0.515. The number of amides is 1. The molecule has 2 aromatic carbocycles. The van der Waals surface area contributed by atoms with Gasteiger partial charge in [0.05, 0.1) is 30.1 Å². The zero-order valence-electron chi connectivity index (χ0n) is 16.2. The third kappa shape index (κ3) is 4.76. The molecule has 7 heteroatoms. The highest BCUT2D eigenvalue weighted by Crippen LogP contribution is 2.10. The number of para-hydroxylation sites is 1. The first kappa shape index (κ1) is 20.0. The van der Waals surface area contributed by atoms with Crippen LogP contribution >= 0.6 is 0 Å². The van der Waals surface area contributed by atoms with E-state index in [4.69, 9.17) is 0 Å². The van der Waals surface area contributed by atoms with Crippen LogP contribution in [-0.4, -0.2) is 40.4 Å². The van der Waals surface area contributed by atoms with Crippen LogP contribution in [0.1, 0.15) is 28.7 Å². The molecule has 0 atom stereocenters. The van der Waals surface area contributed by atoms with Gasteiger partial charge < -0.3 is 14.6 Å². The highest BCUT2D eigenvalue weighted by Gasteiger charge is 2.12. The van der Waals surface area contributed by atoms with Crippen LogP contribution in [0.5, 0.6) is 0 Å². The number of nitrogens with zero attached hydrogens (tertiary/aromatic N) is 2. The molecule has 0 saturated heterocycles. The fourth-order valence-corrected chi connectivity index (χ4v) is 2.86. The molecule has 0 aliphatic rings. The predicted molar refractivity (Wildman–Crippen MR) is 110 cm³/mol. The summed E-state index contributed by atoms with van der Waals surface area (Å²) in [6.07, 6.45) is 3.12. The summed E-state index contributed by atoms with van der Waals surface area (Å²) >= 11 is 0. The zero-order chi connectivity index (χ0) is 20.8. The summed E-state index contributed by atoms with van der Waals surface area (Å²) in [6, 6.07) is 13.8. The molecule has 0 aliphatic carbocycles. The average molecular weight is 391 g/mol. The van der Waals surface area contributed by atoms with Crippen molar-refractivity contribution in [1.82, 2.24) is 14.9 Å². The molecule has 7 nitrogen and oxygen atoms in total. The zero-order valence-corrected chi connectivity index (χ0v) is 16.2. The average Bonchev–Trinajstić information content (AvgIpc) is 2.75. The van der Waals surface area contributed by atoms with Crippen molar-refractivity contribution in [3.8, 4) is 0 Å². The molecule has 1 heterocycles. The molecule has 0 bridgehead atoms. The van der Waals surface area contributed by atoms with Gasteiger partial charge >= 0.3 is 5.97 Å². The standard InChI is InChI=1S/C22H21N3O4/c1-3-25(14-19-23-18-7-5-4-6-17(18)21(27)24-19)20(26)13-10-15-8-11-16(12-9-15)22(28)29-2/h4-13H,3,14H2,1-2H3,(H,23,24,27)/b13-10+. The number of rotatable bonds is 6. The van der Waals surface area contributed by atoms with Crippen molar-refractivity contribution in [3.63, 3.8) is 0 Å². The lowest BCUT2D eigenvalue weighted by atomic mass is 10.1. The highest BCUT2D eigenvalue weighted by atomic mass is 16.5. The third-order valence-corrected chi connectivity index (χ3v) is 4.45. The van der Waals surface area contributed by atoms with Gasteiger partial charge in [-0.1, -0.05) is 24.3 Å². The van der Waals surface area contributed by atoms with Crippen molar-refractivity contribution in [2.75, 3.05) is 13.7 Å². The van der Waals surface area contributed by atoms with E-state index in [9.17, 15) is 14.4 Å². The van der Waals surface area contributed by atoms with Crippen molar-refractivity contribution < 1.29 is 14.3 Å². The van der Waals surface area contributed by atoms with Gasteiger partial charge in [-0.05, 0) is 42.8 Å². The van der Waals surface area contributed by atoms with E-state index in [2.05, 4.69) is 14.7 Å². The van der Waals surface area contributed by atoms with Gasteiger partial charge in [-0.25, -0.2) is 9.78 Å². The van der Waals surface area contributed by atoms with Gasteiger partial charge in [0.25, 0.3) is 5.56 Å². The Labute approximate surface area is 167 Å². The van der Waals surface area contributed by atoms with Gasteiger partial charge in [0.2, 0.25) is 5.91 Å². The summed E-state index contributed by atoms with van der Waals surface area (Å²) < 4.78 is 4.66. The highest BCUT2D eigenvalue weighted by molar-refractivity contribution is 5.92. The van der Waals surface area contributed by atoms with Crippen LogP contribution in [0.3, 0.4) is 0 Å². The van der Waals surface area contributed by atoms with E-state index in [0.717, 1.165) is 5.56 Å². The SMILES string of the molecule is CCN(Cc1nc2ccccc2c(=O)[nH]1)C(=O)/C=C/c1ccc(C(=O)OC)cc1. The molecule has 148 valence electrons. The molecule has 0 aliphatic heterocycles. The third-order valence-electron chi connectivity index (χ3n) is 4.45. The summed E-state index contributed by atoms with van der Waals surface area (Å²) in [5.74, 6) is -0.189. The van der Waals surface area contributed by atoms with Crippen LogP contribution in [0.4, 0.5) is 0 Å². The molecule has 1 amide bonds. The maximum atomic E-state index is 12.6. The number of methoxy groups -OCH3 is 1. The maximum absolute atomic E-state index is 12.6. The van der Waals surface area contributed by atoms with Gasteiger partial charge in [0.1, 0.15) is 5.82 Å². The lowest BCUT2D eigenvalue weighted by Crippen LogP contribution is -2.30. The minimum Gasteiger partial charge on any atom is -0.465 e. The van der Waals surface area contributed by atoms with Crippen LogP contribution in [0, 0.1) is 0 Å². The van der Waals surface area contributed by atoms with Gasteiger partial charge in [-0.2, -0.15) is 0 Å². The molecule has 1 aromatic heterocycles. The number of ether oxygens (including phenoxy) is 1. The van der Waals surface area contributed by atoms with Crippen LogP contribution in [0.15, 0.2) is 59.4 Å². The van der Waals surface area contributed by atoms with Crippen molar-refractivity contribution in [2.24, 2.45) is 0 Å². The first-order valence-corrected chi connectivity index (χ1v) is 9.15. The fourth-order valence-electron chi connectivity index (χ4n) is 2.86. The molecular formula is C22H21N3O4. The predicted octanol–water partition coefficient (Wildman–Crippen LogP) is 2.77. The molecule has 0 saturated carbocycles. The Kier molecular flexibility index (Phi) is 6.19. The Hall–Kier alpha value is -3.74. The smallest absolute Gasteiger partial charge is 0.337 e. The Balaban J connectivity index is 1.73. The first-order valence-electron chi connectivity index (χ1n) is 9.15. The number of carbonyl (C=O) groups is 2. The molecule has 0 unspecified atom stereocenters. The Morgan fingerprint density at radius 1 is 1.14 bits per heavy atom. The second-order valence-corrected chi connectivity index (χ2v) is 6.33. The molecule has 3 rings (SSSR count).